The van der Waals surface area contributed by atoms with Gasteiger partial charge in [-0.3, -0.25) is 0 Å². The number of aryl methyl sites for hydroxylation is 2. The molecule has 0 aliphatic rings. The van der Waals surface area contributed by atoms with Crippen LogP contribution < -0.4 is 5.32 Å². The lowest BCUT2D eigenvalue weighted by atomic mass is 9.98. The van der Waals surface area contributed by atoms with Crippen molar-refractivity contribution in [3.8, 4) is 11.4 Å². The van der Waals surface area contributed by atoms with Crippen LogP contribution >= 0.6 is 11.3 Å². The Morgan fingerprint density at radius 2 is 1.81 bits per heavy atom. The highest BCUT2D eigenvalue weighted by atomic mass is 32.1. The standard InChI is InChI=1S/C17H25N3S/c1-11(2)18-9-12(3)8-16-13(4)19-17(20-14(16)5)15-6-7-21-10-15/h6-7,10-12,18H,8-9H2,1-5H3. The summed E-state index contributed by atoms with van der Waals surface area (Å²) in [4.78, 5) is 9.40. The largest absolute Gasteiger partial charge is 0.314 e. The first kappa shape index (κ1) is 16.1. The lowest BCUT2D eigenvalue weighted by molar-refractivity contribution is 0.473. The van der Waals surface area contributed by atoms with E-state index in [1.54, 1.807) is 11.3 Å². The second-order valence-corrected chi connectivity index (χ2v) is 6.86. The Morgan fingerprint density at radius 3 is 2.33 bits per heavy atom. The number of hydrogen-bond acceptors (Lipinski definition) is 4. The van der Waals surface area contributed by atoms with E-state index in [4.69, 9.17) is 9.97 Å². The summed E-state index contributed by atoms with van der Waals surface area (Å²) in [5.41, 5.74) is 4.64. The van der Waals surface area contributed by atoms with E-state index in [1.807, 2.05) is 0 Å². The second kappa shape index (κ2) is 7.14. The fourth-order valence-corrected chi connectivity index (χ4v) is 3.05. The minimum absolute atomic E-state index is 0.534. The van der Waals surface area contributed by atoms with Gasteiger partial charge in [0.2, 0.25) is 0 Å². The molecule has 0 amide bonds. The molecule has 0 aliphatic carbocycles. The highest BCUT2D eigenvalue weighted by Gasteiger charge is 2.13. The number of hydrogen-bond donors (Lipinski definition) is 1. The number of aromatic nitrogens is 2. The van der Waals surface area contributed by atoms with Crippen LogP contribution in [0, 0.1) is 19.8 Å². The average molecular weight is 303 g/mol. The molecule has 4 heteroatoms. The Labute approximate surface area is 131 Å². The molecule has 3 nitrogen and oxygen atoms in total. The predicted molar refractivity (Wildman–Crippen MR) is 90.8 cm³/mol. The molecule has 0 aliphatic heterocycles. The summed E-state index contributed by atoms with van der Waals surface area (Å²) in [6.45, 7) is 11.9. The van der Waals surface area contributed by atoms with E-state index >= 15 is 0 Å². The van der Waals surface area contributed by atoms with Crippen molar-refractivity contribution in [2.45, 2.75) is 47.1 Å². The molecule has 21 heavy (non-hydrogen) atoms. The van der Waals surface area contributed by atoms with Gasteiger partial charge in [-0.05, 0) is 49.7 Å². The van der Waals surface area contributed by atoms with Crippen molar-refractivity contribution in [3.63, 3.8) is 0 Å². The van der Waals surface area contributed by atoms with Gasteiger partial charge in [-0.25, -0.2) is 9.97 Å². The maximum Gasteiger partial charge on any atom is 0.160 e. The topological polar surface area (TPSA) is 37.8 Å². The van der Waals surface area contributed by atoms with Gasteiger partial charge in [0.25, 0.3) is 0 Å². The van der Waals surface area contributed by atoms with Crippen LogP contribution in [0.1, 0.15) is 37.7 Å². The molecule has 0 bridgehead atoms. The zero-order chi connectivity index (χ0) is 15.4. The van der Waals surface area contributed by atoms with E-state index in [9.17, 15) is 0 Å². The van der Waals surface area contributed by atoms with Crippen molar-refractivity contribution in [2.75, 3.05) is 6.54 Å². The van der Waals surface area contributed by atoms with Crippen LogP contribution in [0.4, 0.5) is 0 Å². The fourth-order valence-electron chi connectivity index (χ4n) is 2.41. The summed E-state index contributed by atoms with van der Waals surface area (Å²) >= 11 is 1.68. The summed E-state index contributed by atoms with van der Waals surface area (Å²) in [7, 11) is 0. The van der Waals surface area contributed by atoms with Crippen LogP contribution in [0.25, 0.3) is 11.4 Å². The first-order valence-electron chi connectivity index (χ1n) is 7.57. The first-order chi connectivity index (χ1) is 9.97. The smallest absolute Gasteiger partial charge is 0.160 e. The maximum atomic E-state index is 4.70. The minimum atomic E-state index is 0.534. The maximum absolute atomic E-state index is 4.70. The van der Waals surface area contributed by atoms with Crippen molar-refractivity contribution in [3.05, 3.63) is 33.8 Å². The van der Waals surface area contributed by atoms with Crippen molar-refractivity contribution in [1.82, 2.24) is 15.3 Å². The van der Waals surface area contributed by atoms with Gasteiger partial charge >= 0.3 is 0 Å². The molecule has 1 unspecified atom stereocenters. The normalized spacial score (nSPS) is 12.9. The van der Waals surface area contributed by atoms with Crippen LogP contribution in [0.15, 0.2) is 16.8 Å². The van der Waals surface area contributed by atoms with Crippen LogP contribution in [-0.2, 0) is 6.42 Å². The van der Waals surface area contributed by atoms with Gasteiger partial charge in [-0.1, -0.05) is 20.8 Å². The second-order valence-electron chi connectivity index (χ2n) is 6.08. The number of nitrogens with zero attached hydrogens (tertiary/aromatic N) is 2. The lowest BCUT2D eigenvalue weighted by Gasteiger charge is -2.17. The molecular weight excluding hydrogens is 278 g/mol. The molecule has 2 aromatic heterocycles. The van der Waals surface area contributed by atoms with Gasteiger partial charge in [0.15, 0.2) is 5.82 Å². The highest BCUT2D eigenvalue weighted by molar-refractivity contribution is 7.08. The molecule has 1 atom stereocenters. The van der Waals surface area contributed by atoms with Crippen LogP contribution in [0.2, 0.25) is 0 Å². The molecule has 0 saturated carbocycles. The van der Waals surface area contributed by atoms with E-state index in [1.165, 1.54) is 5.56 Å². The third-order valence-electron chi connectivity index (χ3n) is 3.63. The SMILES string of the molecule is Cc1nc(-c2ccsc2)nc(C)c1CC(C)CNC(C)C. The van der Waals surface area contributed by atoms with Crippen LogP contribution in [0.3, 0.4) is 0 Å². The number of rotatable bonds is 6. The van der Waals surface area contributed by atoms with Gasteiger partial charge < -0.3 is 5.32 Å². The van der Waals surface area contributed by atoms with E-state index in [0.717, 1.165) is 35.7 Å². The third-order valence-corrected chi connectivity index (χ3v) is 4.31. The lowest BCUT2D eigenvalue weighted by Crippen LogP contribution is -2.29. The van der Waals surface area contributed by atoms with E-state index in [2.05, 4.69) is 56.8 Å². The molecule has 2 heterocycles. The molecule has 2 rings (SSSR count). The fraction of sp³-hybridized carbons (Fsp3) is 0.529. The first-order valence-corrected chi connectivity index (χ1v) is 8.51. The summed E-state index contributed by atoms with van der Waals surface area (Å²) in [6, 6.07) is 2.61. The molecule has 0 spiro atoms. The zero-order valence-corrected chi connectivity index (χ0v) is 14.4. The Morgan fingerprint density at radius 1 is 1.14 bits per heavy atom. The Kier molecular flexibility index (Phi) is 5.48. The number of nitrogens with one attached hydrogen (secondary N) is 1. The molecule has 0 fully saturated rings. The molecule has 0 aromatic carbocycles. The summed E-state index contributed by atoms with van der Waals surface area (Å²) in [5, 5.41) is 7.67. The van der Waals surface area contributed by atoms with Crippen molar-refractivity contribution in [2.24, 2.45) is 5.92 Å². The van der Waals surface area contributed by atoms with Gasteiger partial charge in [0.05, 0.1) is 0 Å². The molecule has 0 radical (unpaired) electrons. The van der Waals surface area contributed by atoms with E-state index < -0.39 is 0 Å². The Hall–Kier alpha value is -1.26. The summed E-state index contributed by atoms with van der Waals surface area (Å²) in [5.74, 6) is 1.43. The molecular formula is C17H25N3S. The number of thiophene rings is 1. The zero-order valence-electron chi connectivity index (χ0n) is 13.6. The van der Waals surface area contributed by atoms with E-state index in [0.29, 0.717) is 12.0 Å². The van der Waals surface area contributed by atoms with E-state index in [-0.39, 0.29) is 0 Å². The van der Waals surface area contributed by atoms with Crippen LogP contribution in [-0.4, -0.2) is 22.6 Å². The summed E-state index contributed by atoms with van der Waals surface area (Å²) in [6.07, 6.45) is 1.03. The monoisotopic (exact) mass is 303 g/mol. The quantitative estimate of drug-likeness (QED) is 0.876. The predicted octanol–water partition coefficient (Wildman–Crippen LogP) is 4.00. The van der Waals surface area contributed by atoms with Gasteiger partial charge in [0, 0.05) is 28.4 Å². The molecule has 1 N–H and O–H groups in total. The minimum Gasteiger partial charge on any atom is -0.314 e. The van der Waals surface area contributed by atoms with Crippen LogP contribution in [0.5, 0.6) is 0 Å². The van der Waals surface area contributed by atoms with Crippen molar-refractivity contribution >= 4 is 11.3 Å². The van der Waals surface area contributed by atoms with Crippen molar-refractivity contribution < 1.29 is 0 Å². The third kappa shape index (κ3) is 4.35. The summed E-state index contributed by atoms with van der Waals surface area (Å²) < 4.78 is 0. The van der Waals surface area contributed by atoms with Gasteiger partial charge in [0.1, 0.15) is 0 Å². The Bertz CT molecular complexity index is 553. The van der Waals surface area contributed by atoms with Gasteiger partial charge in [-0.2, -0.15) is 11.3 Å². The molecule has 0 saturated heterocycles. The highest BCUT2D eigenvalue weighted by Crippen LogP contribution is 2.22. The molecule has 2 aromatic rings. The molecule has 114 valence electrons. The average Bonchev–Trinajstić information content (AvgIpc) is 2.94. The van der Waals surface area contributed by atoms with Gasteiger partial charge in [-0.15, -0.1) is 0 Å². The van der Waals surface area contributed by atoms with Crippen molar-refractivity contribution in [1.29, 1.82) is 0 Å². The Balaban J connectivity index is 2.14.